The molecule has 0 radical (unpaired) electrons. The van der Waals surface area contributed by atoms with E-state index in [1.165, 1.54) is 10.6 Å². The summed E-state index contributed by atoms with van der Waals surface area (Å²) in [7, 11) is -1.45. The number of nitrogens with one attached hydrogen (secondary N) is 1. The SMILES string of the molecule is CCNC(=NCCCN(CC)S(C)(=O)=O)N1CCC(COCCOC)C1.I. The Balaban J connectivity index is 0.00000676. The average molecular weight is 520 g/mol. The Hall–Kier alpha value is -0.170. The van der Waals surface area contributed by atoms with Gasteiger partial charge in [0.1, 0.15) is 0 Å². The minimum Gasteiger partial charge on any atom is -0.382 e. The number of rotatable bonds is 12. The molecule has 10 heteroatoms. The van der Waals surface area contributed by atoms with E-state index in [4.69, 9.17) is 9.47 Å². The average Bonchev–Trinajstić information content (AvgIpc) is 3.05. The fourth-order valence-corrected chi connectivity index (χ4v) is 3.90. The van der Waals surface area contributed by atoms with Crippen LogP contribution in [0.4, 0.5) is 0 Å². The maximum atomic E-state index is 11.6. The Kier molecular flexibility index (Phi) is 14.7. The van der Waals surface area contributed by atoms with Gasteiger partial charge in [0.2, 0.25) is 10.0 Å². The van der Waals surface area contributed by atoms with Crippen molar-refractivity contribution in [3.05, 3.63) is 0 Å². The number of hydrogen-bond acceptors (Lipinski definition) is 5. The van der Waals surface area contributed by atoms with Crippen molar-refractivity contribution in [3.63, 3.8) is 0 Å². The van der Waals surface area contributed by atoms with E-state index < -0.39 is 10.0 Å². The largest absolute Gasteiger partial charge is 0.382 e. The molecule has 1 N–H and O–H groups in total. The van der Waals surface area contributed by atoms with Gasteiger partial charge in [0, 0.05) is 52.3 Å². The lowest BCUT2D eigenvalue weighted by Gasteiger charge is -2.22. The third-order valence-corrected chi connectivity index (χ3v) is 5.73. The first-order chi connectivity index (χ1) is 12.4. The summed E-state index contributed by atoms with van der Waals surface area (Å²) in [5.41, 5.74) is 0. The zero-order valence-corrected chi connectivity index (χ0v) is 20.3. The zero-order valence-electron chi connectivity index (χ0n) is 17.1. The highest BCUT2D eigenvalue weighted by molar-refractivity contribution is 14.0. The minimum atomic E-state index is -3.13. The van der Waals surface area contributed by atoms with Crippen LogP contribution in [0.5, 0.6) is 0 Å². The standard InChI is InChI=1S/C17H36N4O4S.HI/c1-5-18-17(19-9-7-10-21(6-2)26(4,22)23)20-11-8-16(14-20)15-25-13-12-24-3;/h16H,5-15H2,1-4H3,(H,18,19);1H. The molecule has 8 nitrogen and oxygen atoms in total. The van der Waals surface area contributed by atoms with Gasteiger partial charge in [-0.15, -0.1) is 24.0 Å². The molecule has 1 unspecified atom stereocenters. The third kappa shape index (κ3) is 10.8. The summed E-state index contributed by atoms with van der Waals surface area (Å²) >= 11 is 0. The highest BCUT2D eigenvalue weighted by Crippen LogP contribution is 2.16. The van der Waals surface area contributed by atoms with Crippen LogP contribution in [0.3, 0.4) is 0 Å². The predicted octanol–water partition coefficient (Wildman–Crippen LogP) is 1.23. The maximum absolute atomic E-state index is 11.6. The van der Waals surface area contributed by atoms with Crippen molar-refractivity contribution >= 4 is 40.0 Å². The summed E-state index contributed by atoms with van der Waals surface area (Å²) in [6.45, 7) is 10.3. The van der Waals surface area contributed by atoms with Gasteiger partial charge < -0.3 is 19.7 Å². The van der Waals surface area contributed by atoms with E-state index in [-0.39, 0.29) is 24.0 Å². The number of halogens is 1. The van der Waals surface area contributed by atoms with Crippen molar-refractivity contribution in [1.29, 1.82) is 0 Å². The summed E-state index contributed by atoms with van der Waals surface area (Å²) in [6, 6.07) is 0. The molecule has 1 heterocycles. The molecule has 0 spiro atoms. The summed E-state index contributed by atoms with van der Waals surface area (Å²) in [6.07, 6.45) is 3.06. The van der Waals surface area contributed by atoms with Crippen molar-refractivity contribution in [2.24, 2.45) is 10.9 Å². The molecule has 1 fully saturated rings. The van der Waals surface area contributed by atoms with E-state index >= 15 is 0 Å². The molecule has 0 aromatic heterocycles. The van der Waals surface area contributed by atoms with Gasteiger partial charge in [-0.3, -0.25) is 4.99 Å². The van der Waals surface area contributed by atoms with Gasteiger partial charge in [-0.1, -0.05) is 6.92 Å². The Morgan fingerprint density at radius 2 is 2.07 bits per heavy atom. The fraction of sp³-hybridized carbons (Fsp3) is 0.941. The van der Waals surface area contributed by atoms with E-state index in [2.05, 4.69) is 22.1 Å². The number of aliphatic imine (C=N–C) groups is 1. The molecule has 1 saturated heterocycles. The molecular formula is C17H37IN4O4S. The van der Waals surface area contributed by atoms with Crippen molar-refractivity contribution < 1.29 is 17.9 Å². The molecule has 0 saturated carbocycles. The number of methoxy groups -OCH3 is 1. The molecule has 1 atom stereocenters. The maximum Gasteiger partial charge on any atom is 0.211 e. The number of hydrogen-bond donors (Lipinski definition) is 1. The molecule has 0 amide bonds. The van der Waals surface area contributed by atoms with Gasteiger partial charge in [0.05, 0.1) is 26.1 Å². The van der Waals surface area contributed by atoms with E-state index in [0.717, 1.165) is 38.6 Å². The van der Waals surface area contributed by atoms with Crippen LogP contribution in [-0.2, 0) is 19.5 Å². The summed E-state index contributed by atoms with van der Waals surface area (Å²) in [4.78, 5) is 6.94. The zero-order chi connectivity index (χ0) is 19.4. The summed E-state index contributed by atoms with van der Waals surface area (Å²) in [5.74, 6) is 1.42. The van der Waals surface area contributed by atoms with Crippen molar-refractivity contribution in [3.8, 4) is 0 Å². The number of ether oxygens (including phenoxy) is 2. The van der Waals surface area contributed by atoms with Gasteiger partial charge in [-0.25, -0.2) is 12.7 Å². The molecule has 162 valence electrons. The molecule has 27 heavy (non-hydrogen) atoms. The van der Waals surface area contributed by atoms with E-state index in [0.29, 0.717) is 45.2 Å². The number of nitrogens with zero attached hydrogens (tertiary/aromatic N) is 3. The van der Waals surface area contributed by atoms with Crippen molar-refractivity contribution in [1.82, 2.24) is 14.5 Å². The smallest absolute Gasteiger partial charge is 0.211 e. The highest BCUT2D eigenvalue weighted by atomic mass is 127. The molecule has 0 aromatic carbocycles. The molecule has 1 rings (SSSR count). The normalized spacial score (nSPS) is 18.0. The van der Waals surface area contributed by atoms with Gasteiger partial charge >= 0.3 is 0 Å². The predicted molar refractivity (Wildman–Crippen MR) is 120 cm³/mol. The van der Waals surface area contributed by atoms with Crippen molar-refractivity contribution in [2.75, 3.05) is 72.5 Å². The molecular weight excluding hydrogens is 483 g/mol. The van der Waals surface area contributed by atoms with Crippen LogP contribution in [0.25, 0.3) is 0 Å². The van der Waals surface area contributed by atoms with Gasteiger partial charge in [-0.05, 0) is 19.8 Å². The second-order valence-corrected chi connectivity index (χ2v) is 8.49. The Labute approximate surface area is 182 Å². The second kappa shape index (κ2) is 14.8. The van der Waals surface area contributed by atoms with Crippen LogP contribution < -0.4 is 5.32 Å². The van der Waals surface area contributed by atoms with Crippen LogP contribution in [0, 0.1) is 5.92 Å². The Bertz CT molecular complexity index is 519. The lowest BCUT2D eigenvalue weighted by Crippen LogP contribution is -2.40. The van der Waals surface area contributed by atoms with Crippen LogP contribution in [0.15, 0.2) is 4.99 Å². The van der Waals surface area contributed by atoms with E-state index in [1.807, 2.05) is 6.92 Å². The van der Waals surface area contributed by atoms with Gasteiger partial charge in [0.15, 0.2) is 5.96 Å². The summed E-state index contributed by atoms with van der Waals surface area (Å²) < 4.78 is 35.3. The molecule has 1 aliphatic rings. The molecule has 0 aliphatic carbocycles. The molecule has 0 bridgehead atoms. The number of sulfonamides is 1. The number of likely N-dealkylation sites (tertiary alicyclic amines) is 1. The highest BCUT2D eigenvalue weighted by Gasteiger charge is 2.25. The Morgan fingerprint density at radius 1 is 1.33 bits per heavy atom. The third-order valence-electron chi connectivity index (χ3n) is 4.35. The monoisotopic (exact) mass is 520 g/mol. The summed E-state index contributed by atoms with van der Waals surface area (Å²) in [5, 5.41) is 3.34. The fourth-order valence-electron chi connectivity index (χ4n) is 2.97. The van der Waals surface area contributed by atoms with Crippen molar-refractivity contribution in [2.45, 2.75) is 26.7 Å². The molecule has 1 aliphatic heterocycles. The van der Waals surface area contributed by atoms with Crippen LogP contribution in [-0.4, -0.2) is 96.0 Å². The first-order valence-electron chi connectivity index (χ1n) is 9.47. The lowest BCUT2D eigenvalue weighted by atomic mass is 10.1. The minimum absolute atomic E-state index is 0. The topological polar surface area (TPSA) is 83.5 Å². The first kappa shape index (κ1) is 26.8. The quantitative estimate of drug-likeness (QED) is 0.181. The van der Waals surface area contributed by atoms with Crippen LogP contribution in [0.2, 0.25) is 0 Å². The van der Waals surface area contributed by atoms with Gasteiger partial charge in [-0.2, -0.15) is 0 Å². The first-order valence-corrected chi connectivity index (χ1v) is 11.3. The Morgan fingerprint density at radius 3 is 2.67 bits per heavy atom. The van der Waals surface area contributed by atoms with Crippen LogP contribution in [0.1, 0.15) is 26.7 Å². The second-order valence-electron chi connectivity index (χ2n) is 6.51. The lowest BCUT2D eigenvalue weighted by molar-refractivity contribution is 0.0536. The van der Waals surface area contributed by atoms with E-state index in [9.17, 15) is 8.42 Å². The van der Waals surface area contributed by atoms with Gasteiger partial charge in [0.25, 0.3) is 0 Å². The number of guanidine groups is 1. The van der Waals surface area contributed by atoms with Crippen LogP contribution >= 0.6 is 24.0 Å². The molecule has 0 aromatic rings. The van der Waals surface area contributed by atoms with E-state index in [1.54, 1.807) is 7.11 Å².